The van der Waals surface area contributed by atoms with Gasteiger partial charge in [0.1, 0.15) is 0 Å². The molecule has 0 aliphatic heterocycles. The van der Waals surface area contributed by atoms with Crippen molar-refractivity contribution in [1.82, 2.24) is 9.62 Å². The van der Waals surface area contributed by atoms with Gasteiger partial charge in [-0.15, -0.1) is 0 Å². The highest BCUT2D eigenvalue weighted by Crippen LogP contribution is 2.07. The summed E-state index contributed by atoms with van der Waals surface area (Å²) in [7, 11) is -3.53. The van der Waals surface area contributed by atoms with Crippen molar-refractivity contribution in [3.63, 3.8) is 0 Å². The second-order valence-electron chi connectivity index (χ2n) is 4.84. The Morgan fingerprint density at radius 3 is 2.19 bits per heavy atom. The second-order valence-corrected chi connectivity index (χ2v) is 6.61. The van der Waals surface area contributed by atoms with E-state index in [2.05, 4.69) is 4.72 Å². The van der Waals surface area contributed by atoms with E-state index in [9.17, 15) is 13.2 Å². The number of hydrogen-bond donors (Lipinski definition) is 1. The predicted octanol–water partition coefficient (Wildman–Crippen LogP) is 2.00. The lowest BCUT2D eigenvalue weighted by atomic mass is 10.3. The molecular formula is C15H24N2O3S. The number of nitrogens with zero attached hydrogens (tertiary/aromatic N) is 1. The Morgan fingerprint density at radius 2 is 1.67 bits per heavy atom. The van der Waals surface area contributed by atoms with Gasteiger partial charge in [0.15, 0.2) is 0 Å². The topological polar surface area (TPSA) is 66.5 Å². The summed E-state index contributed by atoms with van der Waals surface area (Å²) in [5.41, 5.74) is 0. The highest BCUT2D eigenvalue weighted by atomic mass is 32.2. The minimum atomic E-state index is -3.53. The molecule has 1 aromatic rings. The summed E-state index contributed by atoms with van der Waals surface area (Å²) in [5, 5.41) is 0. The first-order valence-electron chi connectivity index (χ1n) is 7.33. The molecule has 5 nitrogen and oxygen atoms in total. The van der Waals surface area contributed by atoms with Gasteiger partial charge < -0.3 is 4.90 Å². The Hall–Kier alpha value is -1.40. The van der Waals surface area contributed by atoms with Crippen molar-refractivity contribution in [3.05, 3.63) is 30.3 Å². The largest absolute Gasteiger partial charge is 0.343 e. The molecule has 0 aliphatic rings. The van der Waals surface area contributed by atoms with Crippen molar-refractivity contribution in [3.8, 4) is 0 Å². The molecule has 0 saturated heterocycles. The molecule has 0 radical (unpaired) electrons. The van der Waals surface area contributed by atoms with Crippen LogP contribution in [0.15, 0.2) is 35.2 Å². The molecule has 1 N–H and O–H groups in total. The third kappa shape index (κ3) is 5.85. The van der Waals surface area contributed by atoms with Crippen molar-refractivity contribution >= 4 is 15.9 Å². The molecule has 118 valence electrons. The fraction of sp³-hybridized carbons (Fsp3) is 0.533. The van der Waals surface area contributed by atoms with Gasteiger partial charge in [-0.1, -0.05) is 32.0 Å². The lowest BCUT2D eigenvalue weighted by molar-refractivity contribution is -0.131. The Labute approximate surface area is 127 Å². The molecular weight excluding hydrogens is 288 g/mol. The third-order valence-electron chi connectivity index (χ3n) is 3.02. The van der Waals surface area contributed by atoms with E-state index in [4.69, 9.17) is 0 Å². The van der Waals surface area contributed by atoms with Crippen LogP contribution in [0.3, 0.4) is 0 Å². The van der Waals surface area contributed by atoms with E-state index in [1.54, 1.807) is 23.1 Å². The number of nitrogens with one attached hydrogen (secondary N) is 1. The first kappa shape index (κ1) is 17.7. The van der Waals surface area contributed by atoms with Crippen molar-refractivity contribution in [2.24, 2.45) is 0 Å². The summed E-state index contributed by atoms with van der Waals surface area (Å²) in [5.74, 6) is -0.00513. The molecule has 0 spiro atoms. The zero-order valence-corrected chi connectivity index (χ0v) is 13.5. The van der Waals surface area contributed by atoms with Crippen LogP contribution in [0.1, 0.15) is 33.1 Å². The molecule has 1 aromatic carbocycles. The summed E-state index contributed by atoms with van der Waals surface area (Å²) in [6.45, 7) is 5.61. The van der Waals surface area contributed by atoms with Crippen LogP contribution < -0.4 is 4.72 Å². The molecule has 1 rings (SSSR count). The second kappa shape index (κ2) is 8.79. The van der Waals surface area contributed by atoms with Gasteiger partial charge in [0, 0.05) is 26.1 Å². The average molecular weight is 312 g/mol. The Balaban J connectivity index is 2.50. The fourth-order valence-corrected chi connectivity index (χ4v) is 3.09. The van der Waals surface area contributed by atoms with Crippen LogP contribution in [0.5, 0.6) is 0 Å². The standard InChI is InChI=1S/C15H24N2O3S/c1-3-12-17(13-4-2)15(18)10-11-16-21(19,20)14-8-6-5-7-9-14/h5-9,16H,3-4,10-13H2,1-2H3. The third-order valence-corrected chi connectivity index (χ3v) is 4.50. The summed E-state index contributed by atoms with van der Waals surface area (Å²) in [6.07, 6.45) is 2.00. The molecule has 0 heterocycles. The number of carbonyl (C=O) groups excluding carboxylic acids is 1. The average Bonchev–Trinajstić information content (AvgIpc) is 2.47. The van der Waals surface area contributed by atoms with E-state index in [1.807, 2.05) is 13.8 Å². The summed E-state index contributed by atoms with van der Waals surface area (Å²) in [6, 6.07) is 8.17. The minimum Gasteiger partial charge on any atom is -0.343 e. The van der Waals surface area contributed by atoms with Crippen LogP contribution in [0, 0.1) is 0 Å². The summed E-state index contributed by atoms with van der Waals surface area (Å²) in [4.78, 5) is 14.0. The smallest absolute Gasteiger partial charge is 0.240 e. The number of amides is 1. The Kier molecular flexibility index (Phi) is 7.39. The minimum absolute atomic E-state index is 0.00513. The molecule has 0 atom stereocenters. The van der Waals surface area contributed by atoms with Crippen molar-refractivity contribution < 1.29 is 13.2 Å². The normalized spacial score (nSPS) is 11.3. The van der Waals surface area contributed by atoms with Crippen LogP contribution in [0.25, 0.3) is 0 Å². The monoisotopic (exact) mass is 312 g/mol. The van der Waals surface area contributed by atoms with E-state index < -0.39 is 10.0 Å². The lowest BCUT2D eigenvalue weighted by Crippen LogP contribution is -2.35. The van der Waals surface area contributed by atoms with Crippen LogP contribution in [0.4, 0.5) is 0 Å². The highest BCUT2D eigenvalue weighted by Gasteiger charge is 2.15. The van der Waals surface area contributed by atoms with E-state index in [0.717, 1.165) is 25.9 Å². The summed E-state index contributed by atoms with van der Waals surface area (Å²) < 4.78 is 26.5. The van der Waals surface area contributed by atoms with Crippen LogP contribution in [0.2, 0.25) is 0 Å². The van der Waals surface area contributed by atoms with E-state index in [-0.39, 0.29) is 23.8 Å². The fourth-order valence-electron chi connectivity index (χ4n) is 2.03. The lowest BCUT2D eigenvalue weighted by Gasteiger charge is -2.21. The van der Waals surface area contributed by atoms with Gasteiger partial charge in [0.2, 0.25) is 15.9 Å². The number of carbonyl (C=O) groups is 1. The molecule has 6 heteroatoms. The van der Waals surface area contributed by atoms with Crippen molar-refractivity contribution in [1.29, 1.82) is 0 Å². The van der Waals surface area contributed by atoms with Crippen LogP contribution in [-0.4, -0.2) is 38.9 Å². The van der Waals surface area contributed by atoms with Gasteiger partial charge in [0.05, 0.1) is 4.90 Å². The van der Waals surface area contributed by atoms with Crippen molar-refractivity contribution in [2.45, 2.75) is 38.0 Å². The molecule has 0 fully saturated rings. The van der Waals surface area contributed by atoms with E-state index >= 15 is 0 Å². The first-order valence-corrected chi connectivity index (χ1v) is 8.82. The Morgan fingerprint density at radius 1 is 1.10 bits per heavy atom. The van der Waals surface area contributed by atoms with Gasteiger partial charge in [-0.3, -0.25) is 4.79 Å². The van der Waals surface area contributed by atoms with Gasteiger partial charge in [0.25, 0.3) is 0 Å². The van der Waals surface area contributed by atoms with Crippen LogP contribution >= 0.6 is 0 Å². The van der Waals surface area contributed by atoms with Crippen LogP contribution in [-0.2, 0) is 14.8 Å². The predicted molar refractivity (Wildman–Crippen MR) is 83.4 cm³/mol. The molecule has 0 aromatic heterocycles. The molecule has 21 heavy (non-hydrogen) atoms. The summed E-state index contributed by atoms with van der Waals surface area (Å²) >= 11 is 0. The number of hydrogen-bond acceptors (Lipinski definition) is 3. The number of rotatable bonds is 9. The highest BCUT2D eigenvalue weighted by molar-refractivity contribution is 7.89. The van der Waals surface area contributed by atoms with Gasteiger partial charge >= 0.3 is 0 Å². The van der Waals surface area contributed by atoms with E-state index in [1.165, 1.54) is 12.1 Å². The maximum atomic E-state index is 12.0. The quantitative estimate of drug-likeness (QED) is 0.758. The maximum absolute atomic E-state index is 12.0. The van der Waals surface area contributed by atoms with E-state index in [0.29, 0.717) is 0 Å². The molecule has 1 amide bonds. The first-order chi connectivity index (χ1) is 10.0. The van der Waals surface area contributed by atoms with Gasteiger partial charge in [-0.25, -0.2) is 13.1 Å². The molecule has 0 unspecified atom stereocenters. The van der Waals surface area contributed by atoms with Gasteiger partial charge in [-0.2, -0.15) is 0 Å². The molecule has 0 saturated carbocycles. The maximum Gasteiger partial charge on any atom is 0.240 e. The zero-order chi connectivity index (χ0) is 15.7. The SMILES string of the molecule is CCCN(CCC)C(=O)CCNS(=O)(=O)c1ccccc1. The van der Waals surface area contributed by atoms with Gasteiger partial charge in [-0.05, 0) is 25.0 Å². The zero-order valence-electron chi connectivity index (χ0n) is 12.7. The molecule has 0 bridgehead atoms. The molecule has 0 aliphatic carbocycles. The Bertz CT molecular complexity index is 523. The van der Waals surface area contributed by atoms with Crippen molar-refractivity contribution in [2.75, 3.05) is 19.6 Å². The number of benzene rings is 1. The number of sulfonamides is 1.